The summed E-state index contributed by atoms with van der Waals surface area (Å²) in [6, 6.07) is 14.3. The van der Waals surface area contributed by atoms with Crippen molar-refractivity contribution in [3.63, 3.8) is 0 Å². The Kier molecular flexibility index (Phi) is 3.88. The SMILES string of the molecule is C/C(=N/NC(=O)[C@@H]1C[C@@H]1c1ccccc1)c1ccc(C)s1. The molecule has 1 N–H and O–H groups in total. The van der Waals surface area contributed by atoms with Crippen LogP contribution in [0.15, 0.2) is 47.6 Å². The van der Waals surface area contributed by atoms with Gasteiger partial charge < -0.3 is 0 Å². The standard InChI is InChI=1S/C17H18N2OS/c1-11-8-9-16(21-11)12(2)18-19-17(20)15-10-14(15)13-6-4-3-5-7-13/h3-9,14-15H,10H2,1-2H3,(H,19,20)/b18-12-/t14-,15-/m1/s1. The number of hydrogen-bond donors (Lipinski definition) is 1. The van der Waals surface area contributed by atoms with Crippen LogP contribution in [0.2, 0.25) is 0 Å². The van der Waals surface area contributed by atoms with Gasteiger partial charge in [-0.05, 0) is 43.9 Å². The van der Waals surface area contributed by atoms with Crippen LogP contribution in [0.3, 0.4) is 0 Å². The number of amides is 1. The molecule has 2 atom stereocenters. The first-order chi connectivity index (χ1) is 10.1. The molecule has 21 heavy (non-hydrogen) atoms. The van der Waals surface area contributed by atoms with Gasteiger partial charge in [0.15, 0.2) is 0 Å². The number of hydrazone groups is 1. The average molecular weight is 298 g/mol. The minimum Gasteiger partial charge on any atom is -0.273 e. The molecule has 108 valence electrons. The predicted octanol–water partition coefficient (Wildman–Crippen LogP) is 3.70. The summed E-state index contributed by atoms with van der Waals surface area (Å²) in [5, 5.41) is 4.22. The fourth-order valence-electron chi connectivity index (χ4n) is 2.46. The van der Waals surface area contributed by atoms with E-state index in [9.17, 15) is 4.79 Å². The number of thiophene rings is 1. The van der Waals surface area contributed by atoms with E-state index in [4.69, 9.17) is 0 Å². The number of hydrogen-bond acceptors (Lipinski definition) is 3. The summed E-state index contributed by atoms with van der Waals surface area (Å²) in [5.41, 5.74) is 4.81. The number of carbonyl (C=O) groups is 1. The third-order valence-electron chi connectivity index (χ3n) is 3.79. The van der Waals surface area contributed by atoms with Crippen LogP contribution >= 0.6 is 11.3 Å². The van der Waals surface area contributed by atoms with Crippen molar-refractivity contribution in [2.24, 2.45) is 11.0 Å². The van der Waals surface area contributed by atoms with E-state index >= 15 is 0 Å². The molecule has 1 amide bonds. The molecular weight excluding hydrogens is 280 g/mol. The molecule has 1 fully saturated rings. The zero-order valence-electron chi connectivity index (χ0n) is 12.2. The van der Waals surface area contributed by atoms with Crippen LogP contribution in [0.25, 0.3) is 0 Å². The van der Waals surface area contributed by atoms with Gasteiger partial charge in [-0.25, -0.2) is 5.43 Å². The van der Waals surface area contributed by atoms with E-state index in [-0.39, 0.29) is 11.8 Å². The van der Waals surface area contributed by atoms with Crippen LogP contribution in [-0.2, 0) is 4.79 Å². The molecule has 1 heterocycles. The number of nitrogens with zero attached hydrogens (tertiary/aromatic N) is 1. The van der Waals surface area contributed by atoms with Crippen LogP contribution in [0, 0.1) is 12.8 Å². The monoisotopic (exact) mass is 298 g/mol. The predicted molar refractivity (Wildman–Crippen MR) is 86.7 cm³/mol. The van der Waals surface area contributed by atoms with Crippen LogP contribution in [-0.4, -0.2) is 11.6 Å². The Balaban J connectivity index is 1.58. The van der Waals surface area contributed by atoms with Crippen molar-refractivity contribution in [3.8, 4) is 0 Å². The minimum atomic E-state index is 0.0245. The lowest BCUT2D eigenvalue weighted by atomic mass is 10.1. The van der Waals surface area contributed by atoms with E-state index in [1.165, 1.54) is 10.4 Å². The van der Waals surface area contributed by atoms with Crippen LogP contribution in [0.5, 0.6) is 0 Å². The lowest BCUT2D eigenvalue weighted by Crippen LogP contribution is -2.21. The lowest BCUT2D eigenvalue weighted by molar-refractivity contribution is -0.122. The average Bonchev–Trinajstić information content (AvgIpc) is 3.20. The molecule has 1 saturated carbocycles. The Hall–Kier alpha value is -1.94. The molecule has 0 radical (unpaired) electrons. The Bertz CT molecular complexity index is 675. The summed E-state index contributed by atoms with van der Waals surface area (Å²) in [6.07, 6.45) is 0.919. The number of benzene rings is 1. The third-order valence-corrected chi connectivity index (χ3v) is 4.90. The van der Waals surface area contributed by atoms with Gasteiger partial charge in [-0.15, -0.1) is 11.3 Å². The molecular formula is C17H18N2OS. The van der Waals surface area contributed by atoms with Crippen LogP contribution in [0.1, 0.15) is 34.6 Å². The molecule has 0 aliphatic heterocycles. The first-order valence-electron chi connectivity index (χ1n) is 7.11. The summed E-state index contributed by atoms with van der Waals surface area (Å²) in [5.74, 6) is 0.441. The van der Waals surface area contributed by atoms with Gasteiger partial charge in [0.1, 0.15) is 0 Å². The van der Waals surface area contributed by atoms with Crippen molar-refractivity contribution in [2.45, 2.75) is 26.2 Å². The maximum atomic E-state index is 12.1. The molecule has 0 saturated heterocycles. The molecule has 3 rings (SSSR count). The lowest BCUT2D eigenvalue weighted by Gasteiger charge is -2.01. The van der Waals surface area contributed by atoms with Gasteiger partial charge in [-0.3, -0.25) is 4.79 Å². The van der Waals surface area contributed by atoms with Gasteiger partial charge in [0, 0.05) is 10.8 Å². The van der Waals surface area contributed by atoms with E-state index in [0.29, 0.717) is 5.92 Å². The number of rotatable bonds is 4. The molecule has 2 aromatic rings. The van der Waals surface area contributed by atoms with E-state index in [1.54, 1.807) is 11.3 Å². The van der Waals surface area contributed by atoms with Gasteiger partial charge in [-0.2, -0.15) is 5.10 Å². The highest BCUT2D eigenvalue weighted by Crippen LogP contribution is 2.47. The highest BCUT2D eigenvalue weighted by Gasteiger charge is 2.43. The number of carbonyl (C=O) groups excluding carboxylic acids is 1. The molecule has 4 heteroatoms. The summed E-state index contributed by atoms with van der Waals surface area (Å²) in [4.78, 5) is 14.5. The van der Waals surface area contributed by atoms with Gasteiger partial charge in [0.2, 0.25) is 5.91 Å². The van der Waals surface area contributed by atoms with Crippen molar-refractivity contribution < 1.29 is 4.79 Å². The quantitative estimate of drug-likeness (QED) is 0.678. The molecule has 0 bridgehead atoms. The maximum Gasteiger partial charge on any atom is 0.243 e. The molecule has 0 spiro atoms. The van der Waals surface area contributed by atoms with Crippen LogP contribution in [0.4, 0.5) is 0 Å². The van der Waals surface area contributed by atoms with Gasteiger partial charge in [0.05, 0.1) is 10.6 Å². The Morgan fingerprint density at radius 2 is 2.00 bits per heavy atom. The van der Waals surface area contributed by atoms with Gasteiger partial charge in [-0.1, -0.05) is 30.3 Å². The van der Waals surface area contributed by atoms with Crippen molar-refractivity contribution in [2.75, 3.05) is 0 Å². The second-order valence-electron chi connectivity index (χ2n) is 5.44. The second kappa shape index (κ2) is 5.82. The topological polar surface area (TPSA) is 41.5 Å². The van der Waals surface area contributed by atoms with E-state index in [1.807, 2.05) is 31.2 Å². The van der Waals surface area contributed by atoms with Crippen molar-refractivity contribution in [3.05, 3.63) is 57.8 Å². The van der Waals surface area contributed by atoms with Crippen molar-refractivity contribution in [1.82, 2.24) is 5.43 Å². The summed E-state index contributed by atoms with van der Waals surface area (Å²) in [6.45, 7) is 3.99. The first-order valence-corrected chi connectivity index (χ1v) is 7.92. The van der Waals surface area contributed by atoms with Gasteiger partial charge in [0.25, 0.3) is 0 Å². The van der Waals surface area contributed by atoms with Crippen molar-refractivity contribution in [1.29, 1.82) is 0 Å². The zero-order valence-corrected chi connectivity index (χ0v) is 13.0. The largest absolute Gasteiger partial charge is 0.273 e. The van der Waals surface area contributed by atoms with Crippen LogP contribution < -0.4 is 5.43 Å². The third kappa shape index (κ3) is 3.22. The molecule has 1 aromatic heterocycles. The smallest absolute Gasteiger partial charge is 0.243 e. The second-order valence-corrected chi connectivity index (χ2v) is 6.73. The molecule has 1 aromatic carbocycles. The number of aryl methyl sites for hydroxylation is 1. The normalized spacial score (nSPS) is 21.1. The minimum absolute atomic E-state index is 0.0245. The molecule has 1 aliphatic carbocycles. The zero-order chi connectivity index (χ0) is 14.8. The summed E-state index contributed by atoms with van der Waals surface area (Å²) >= 11 is 1.69. The maximum absolute atomic E-state index is 12.1. The highest BCUT2D eigenvalue weighted by molar-refractivity contribution is 7.14. The summed E-state index contributed by atoms with van der Waals surface area (Å²) < 4.78 is 0. The first kappa shape index (κ1) is 14.0. The fourth-order valence-corrected chi connectivity index (χ4v) is 3.27. The molecule has 0 unspecified atom stereocenters. The van der Waals surface area contributed by atoms with Crippen molar-refractivity contribution >= 4 is 23.0 Å². The Labute approximate surface area is 128 Å². The molecule has 1 aliphatic rings. The Morgan fingerprint density at radius 1 is 1.24 bits per heavy atom. The highest BCUT2D eigenvalue weighted by atomic mass is 32.1. The Morgan fingerprint density at radius 3 is 2.67 bits per heavy atom. The van der Waals surface area contributed by atoms with E-state index in [2.05, 4.69) is 35.7 Å². The number of nitrogens with one attached hydrogen (secondary N) is 1. The fraction of sp³-hybridized carbons (Fsp3) is 0.294. The summed E-state index contributed by atoms with van der Waals surface area (Å²) in [7, 11) is 0. The van der Waals surface area contributed by atoms with Gasteiger partial charge >= 0.3 is 0 Å². The van der Waals surface area contributed by atoms with E-state index in [0.717, 1.165) is 17.0 Å². The van der Waals surface area contributed by atoms with E-state index < -0.39 is 0 Å². The molecule has 3 nitrogen and oxygen atoms in total.